The maximum absolute atomic E-state index is 12.5. The molecule has 7 nitrogen and oxygen atoms in total. The van der Waals surface area contributed by atoms with E-state index >= 15 is 0 Å². The van der Waals surface area contributed by atoms with E-state index in [2.05, 4.69) is 21.1 Å². The minimum atomic E-state index is -0.260. The van der Waals surface area contributed by atoms with Gasteiger partial charge >= 0.3 is 6.03 Å². The van der Waals surface area contributed by atoms with Crippen molar-refractivity contribution in [2.45, 2.75) is 33.2 Å². The minimum absolute atomic E-state index is 0.0613. The molecule has 1 aliphatic rings. The van der Waals surface area contributed by atoms with E-state index in [4.69, 9.17) is 0 Å². The molecule has 28 heavy (non-hydrogen) atoms. The molecule has 0 aliphatic carbocycles. The van der Waals surface area contributed by atoms with Gasteiger partial charge in [0.1, 0.15) is 0 Å². The summed E-state index contributed by atoms with van der Waals surface area (Å²) in [6, 6.07) is 14.2. The van der Waals surface area contributed by atoms with Crippen molar-refractivity contribution in [1.29, 1.82) is 0 Å². The highest BCUT2D eigenvalue weighted by atomic mass is 16.2. The second-order valence-electron chi connectivity index (χ2n) is 7.04. The molecule has 0 saturated heterocycles. The number of hydrogen-bond acceptors (Lipinski definition) is 4. The van der Waals surface area contributed by atoms with Crippen molar-refractivity contribution >= 4 is 34.7 Å². The molecule has 1 heterocycles. The summed E-state index contributed by atoms with van der Waals surface area (Å²) in [5, 5.41) is 14.8. The number of nitrogens with zero attached hydrogens (tertiary/aromatic N) is 2. The summed E-state index contributed by atoms with van der Waals surface area (Å²) < 4.78 is 0. The van der Waals surface area contributed by atoms with E-state index in [1.165, 1.54) is 0 Å². The van der Waals surface area contributed by atoms with E-state index in [0.717, 1.165) is 24.4 Å². The van der Waals surface area contributed by atoms with Crippen molar-refractivity contribution < 1.29 is 9.59 Å². The van der Waals surface area contributed by atoms with Gasteiger partial charge in [0, 0.05) is 41.7 Å². The van der Waals surface area contributed by atoms with Crippen LogP contribution in [-0.2, 0) is 0 Å². The SMILES string of the molecule is CC1=NN(c2ccc(C(=O)Nc3ccc(NC(=O)NC(C)C)cc3)cc2)CC1. The number of rotatable bonds is 5. The number of hydrogen-bond donors (Lipinski definition) is 3. The first kappa shape index (κ1) is 19.4. The van der Waals surface area contributed by atoms with Gasteiger partial charge in [0.2, 0.25) is 0 Å². The first-order chi connectivity index (χ1) is 13.4. The lowest BCUT2D eigenvalue weighted by atomic mass is 10.2. The van der Waals surface area contributed by atoms with E-state index < -0.39 is 0 Å². The summed E-state index contributed by atoms with van der Waals surface area (Å²) >= 11 is 0. The summed E-state index contributed by atoms with van der Waals surface area (Å²) in [5.74, 6) is -0.189. The molecule has 2 aromatic carbocycles. The fourth-order valence-electron chi connectivity index (χ4n) is 2.82. The monoisotopic (exact) mass is 379 g/mol. The van der Waals surface area contributed by atoms with Crippen LogP contribution >= 0.6 is 0 Å². The van der Waals surface area contributed by atoms with Crippen molar-refractivity contribution in [2.24, 2.45) is 5.10 Å². The number of nitrogens with one attached hydrogen (secondary N) is 3. The zero-order valence-electron chi connectivity index (χ0n) is 16.3. The lowest BCUT2D eigenvalue weighted by Crippen LogP contribution is -2.34. The Morgan fingerprint density at radius 2 is 1.57 bits per heavy atom. The number of amides is 3. The molecule has 7 heteroatoms. The number of benzene rings is 2. The summed E-state index contributed by atoms with van der Waals surface area (Å²) in [4.78, 5) is 24.2. The summed E-state index contributed by atoms with van der Waals surface area (Å²) in [7, 11) is 0. The van der Waals surface area contributed by atoms with Crippen LogP contribution in [0.2, 0.25) is 0 Å². The van der Waals surface area contributed by atoms with Crippen LogP contribution in [0.3, 0.4) is 0 Å². The van der Waals surface area contributed by atoms with Gasteiger partial charge in [0.05, 0.1) is 5.69 Å². The van der Waals surface area contributed by atoms with E-state index in [1.807, 2.05) is 37.9 Å². The van der Waals surface area contributed by atoms with Gasteiger partial charge in [0.25, 0.3) is 5.91 Å². The Bertz CT molecular complexity index is 873. The van der Waals surface area contributed by atoms with Crippen molar-refractivity contribution in [1.82, 2.24) is 5.32 Å². The lowest BCUT2D eigenvalue weighted by Gasteiger charge is -2.14. The van der Waals surface area contributed by atoms with Crippen LogP contribution < -0.4 is 21.0 Å². The molecule has 0 fully saturated rings. The molecule has 2 aromatic rings. The second-order valence-corrected chi connectivity index (χ2v) is 7.04. The Morgan fingerprint density at radius 1 is 0.964 bits per heavy atom. The minimum Gasteiger partial charge on any atom is -0.336 e. The molecule has 3 rings (SSSR count). The molecule has 0 atom stereocenters. The fourth-order valence-corrected chi connectivity index (χ4v) is 2.82. The van der Waals surface area contributed by atoms with Crippen LogP contribution in [0.25, 0.3) is 0 Å². The Balaban J connectivity index is 1.57. The van der Waals surface area contributed by atoms with Gasteiger partial charge in [-0.1, -0.05) is 0 Å². The number of anilines is 3. The Morgan fingerprint density at radius 3 is 2.11 bits per heavy atom. The predicted molar refractivity (Wildman–Crippen MR) is 113 cm³/mol. The van der Waals surface area contributed by atoms with E-state index in [1.54, 1.807) is 36.4 Å². The molecule has 0 radical (unpaired) electrons. The lowest BCUT2D eigenvalue weighted by molar-refractivity contribution is 0.102. The molecule has 3 N–H and O–H groups in total. The zero-order chi connectivity index (χ0) is 20.1. The van der Waals surface area contributed by atoms with Gasteiger partial charge < -0.3 is 16.0 Å². The third kappa shape index (κ3) is 5.09. The van der Waals surface area contributed by atoms with Crippen molar-refractivity contribution in [2.75, 3.05) is 22.2 Å². The molecule has 0 spiro atoms. The standard InChI is InChI=1S/C21H25N5O2/c1-14(2)22-21(28)24-18-8-6-17(7-9-18)23-20(27)16-4-10-19(11-5-16)26-13-12-15(3)25-26/h4-11,14H,12-13H2,1-3H3,(H,23,27)(H2,22,24,28). The summed E-state index contributed by atoms with van der Waals surface area (Å²) in [6.07, 6.45) is 0.965. The average Bonchev–Trinajstić information content (AvgIpc) is 3.09. The van der Waals surface area contributed by atoms with E-state index in [-0.39, 0.29) is 18.0 Å². The highest BCUT2D eigenvalue weighted by molar-refractivity contribution is 6.04. The highest BCUT2D eigenvalue weighted by Gasteiger charge is 2.13. The molecule has 0 bridgehead atoms. The predicted octanol–water partition coefficient (Wildman–Crippen LogP) is 4.05. The topological polar surface area (TPSA) is 85.8 Å². The third-order valence-electron chi connectivity index (χ3n) is 4.22. The first-order valence-electron chi connectivity index (χ1n) is 9.31. The van der Waals surface area contributed by atoms with Crippen LogP contribution in [-0.4, -0.2) is 30.2 Å². The zero-order valence-corrected chi connectivity index (χ0v) is 16.3. The second kappa shape index (κ2) is 8.56. The highest BCUT2D eigenvalue weighted by Crippen LogP contribution is 2.21. The normalized spacial score (nSPS) is 13.3. The molecular formula is C21H25N5O2. The number of carbonyl (C=O) groups excluding carboxylic acids is 2. The van der Waals surface area contributed by atoms with Crippen molar-refractivity contribution in [3.8, 4) is 0 Å². The van der Waals surface area contributed by atoms with E-state index in [0.29, 0.717) is 16.9 Å². The average molecular weight is 379 g/mol. The van der Waals surface area contributed by atoms with Gasteiger partial charge in [-0.25, -0.2) is 4.79 Å². The largest absolute Gasteiger partial charge is 0.336 e. The third-order valence-corrected chi connectivity index (χ3v) is 4.22. The summed E-state index contributed by atoms with van der Waals surface area (Å²) in [6.45, 7) is 6.67. The molecule has 3 amide bonds. The van der Waals surface area contributed by atoms with Gasteiger partial charge in [0.15, 0.2) is 0 Å². The Hall–Kier alpha value is -3.35. The van der Waals surface area contributed by atoms with Crippen LogP contribution in [0.1, 0.15) is 37.6 Å². The Labute approximate surface area is 164 Å². The molecular weight excluding hydrogens is 354 g/mol. The Kier molecular flexibility index (Phi) is 5.93. The van der Waals surface area contributed by atoms with Gasteiger partial charge in [-0.15, -0.1) is 0 Å². The number of carbonyl (C=O) groups is 2. The van der Waals surface area contributed by atoms with Crippen molar-refractivity contribution in [3.05, 3.63) is 54.1 Å². The molecule has 0 aromatic heterocycles. The number of hydrazone groups is 1. The fraction of sp³-hybridized carbons (Fsp3) is 0.286. The smallest absolute Gasteiger partial charge is 0.319 e. The first-order valence-corrected chi connectivity index (χ1v) is 9.31. The number of urea groups is 1. The molecule has 1 aliphatic heterocycles. The van der Waals surface area contributed by atoms with E-state index in [9.17, 15) is 9.59 Å². The van der Waals surface area contributed by atoms with Crippen LogP contribution in [0.4, 0.5) is 21.9 Å². The van der Waals surface area contributed by atoms with Gasteiger partial charge in [-0.05, 0) is 69.3 Å². The van der Waals surface area contributed by atoms with Crippen LogP contribution in [0.5, 0.6) is 0 Å². The molecule has 146 valence electrons. The maximum Gasteiger partial charge on any atom is 0.319 e. The van der Waals surface area contributed by atoms with Crippen molar-refractivity contribution in [3.63, 3.8) is 0 Å². The molecule has 0 unspecified atom stereocenters. The van der Waals surface area contributed by atoms with Gasteiger partial charge in [-0.3, -0.25) is 9.80 Å². The van der Waals surface area contributed by atoms with Crippen LogP contribution in [0.15, 0.2) is 53.6 Å². The summed E-state index contributed by atoms with van der Waals surface area (Å²) in [5.41, 5.74) is 3.97. The van der Waals surface area contributed by atoms with Gasteiger partial charge in [-0.2, -0.15) is 5.10 Å². The maximum atomic E-state index is 12.5. The molecule has 0 saturated carbocycles. The van der Waals surface area contributed by atoms with Crippen LogP contribution in [0, 0.1) is 0 Å². The quantitative estimate of drug-likeness (QED) is 0.732.